The molecule has 2 bridgehead atoms. The van der Waals surface area contributed by atoms with Gasteiger partial charge in [-0.15, -0.1) is 0 Å². The summed E-state index contributed by atoms with van der Waals surface area (Å²) >= 11 is 0. The molecule has 1 aliphatic carbocycles. The molecule has 2 amide bonds. The summed E-state index contributed by atoms with van der Waals surface area (Å²) in [6.45, 7) is 9.66. The highest BCUT2D eigenvalue weighted by Gasteiger charge is 2.50. The Labute approximate surface area is 253 Å². The normalized spacial score (nSPS) is 26.6. The number of benzene rings is 1. The molecule has 1 saturated carbocycles. The van der Waals surface area contributed by atoms with Crippen molar-refractivity contribution >= 4 is 29.0 Å². The van der Waals surface area contributed by atoms with Gasteiger partial charge in [-0.05, 0) is 77.8 Å². The van der Waals surface area contributed by atoms with Gasteiger partial charge < -0.3 is 29.2 Å². The van der Waals surface area contributed by atoms with Crippen LogP contribution in [-0.2, 0) is 25.5 Å². The fraction of sp³-hybridized carbons (Fsp3) is 0.656. The Hall–Kier alpha value is -3.63. The third kappa shape index (κ3) is 7.48. The summed E-state index contributed by atoms with van der Waals surface area (Å²) in [6.07, 6.45) is 4.72. The lowest BCUT2D eigenvalue weighted by molar-refractivity contribution is -0.164. The summed E-state index contributed by atoms with van der Waals surface area (Å²) < 4.78 is 23.6. The van der Waals surface area contributed by atoms with Crippen LogP contribution in [0.3, 0.4) is 0 Å². The van der Waals surface area contributed by atoms with Gasteiger partial charge in [0.2, 0.25) is 11.8 Å². The van der Waals surface area contributed by atoms with Crippen molar-refractivity contribution in [3.63, 3.8) is 0 Å². The number of amides is 2. The van der Waals surface area contributed by atoms with E-state index in [9.17, 15) is 14.4 Å². The molecule has 5 unspecified atom stereocenters. The SMILES string of the molecule is CCOc1ccc2nc3c(nc2c1)OC1CN(C(=O)CNC(=O)OC2CC2CCCCC3)C(C(=O)OC(C)(C)C)C1CC. The molecular weight excluding hydrogens is 552 g/mol. The van der Waals surface area contributed by atoms with Crippen molar-refractivity contribution in [2.75, 3.05) is 19.7 Å². The standard InChI is InChI=1S/C32H44N4O7/c1-6-21-26-18-36(28(21)30(38)43-32(3,4)5)27(37)17-33-31(39)42-25-15-19(25)11-9-8-10-12-23-29(41-26)35-24-16-20(40-7-2)13-14-22(24)34-23/h13-14,16,19,21,25-26,28H,6-12,15,17-18H2,1-5H3,(H,33,39). The number of hydrogen-bond acceptors (Lipinski definition) is 9. The Morgan fingerprint density at radius 1 is 1.07 bits per heavy atom. The first-order chi connectivity index (χ1) is 20.6. The maximum Gasteiger partial charge on any atom is 0.407 e. The second-order valence-electron chi connectivity index (χ2n) is 12.7. The fourth-order valence-electron chi connectivity index (χ4n) is 6.09. The summed E-state index contributed by atoms with van der Waals surface area (Å²) in [5, 5.41) is 2.59. The van der Waals surface area contributed by atoms with E-state index in [4.69, 9.17) is 28.9 Å². The minimum Gasteiger partial charge on any atom is -0.494 e. The Morgan fingerprint density at radius 3 is 2.63 bits per heavy atom. The van der Waals surface area contributed by atoms with Crippen molar-refractivity contribution in [2.24, 2.45) is 11.8 Å². The minimum absolute atomic E-state index is 0.114. The van der Waals surface area contributed by atoms with Crippen LogP contribution < -0.4 is 14.8 Å². The van der Waals surface area contributed by atoms with Crippen molar-refractivity contribution in [1.29, 1.82) is 0 Å². The molecule has 1 N–H and O–H groups in total. The maximum absolute atomic E-state index is 13.5. The predicted molar refractivity (Wildman–Crippen MR) is 159 cm³/mol. The summed E-state index contributed by atoms with van der Waals surface area (Å²) in [4.78, 5) is 50.8. The van der Waals surface area contributed by atoms with Gasteiger partial charge in [-0.1, -0.05) is 19.8 Å². The number of esters is 1. The maximum atomic E-state index is 13.5. The van der Waals surface area contributed by atoms with Crippen LogP contribution in [0.4, 0.5) is 4.79 Å². The molecule has 11 heteroatoms. The summed E-state index contributed by atoms with van der Waals surface area (Å²) in [5.41, 5.74) is 1.42. The number of nitrogens with zero attached hydrogens (tertiary/aromatic N) is 3. The first kappa shape index (κ1) is 30.8. The molecule has 2 aliphatic heterocycles. The molecule has 0 spiro atoms. The largest absolute Gasteiger partial charge is 0.494 e. The highest BCUT2D eigenvalue weighted by molar-refractivity contribution is 5.88. The third-order valence-electron chi connectivity index (χ3n) is 8.27. The first-order valence-corrected chi connectivity index (χ1v) is 15.6. The molecule has 1 saturated heterocycles. The zero-order chi connectivity index (χ0) is 30.7. The fourth-order valence-corrected chi connectivity index (χ4v) is 6.09. The van der Waals surface area contributed by atoms with E-state index >= 15 is 0 Å². The average molecular weight is 597 g/mol. The van der Waals surface area contributed by atoms with Gasteiger partial charge in [-0.2, -0.15) is 0 Å². The zero-order valence-corrected chi connectivity index (χ0v) is 25.9. The lowest BCUT2D eigenvalue weighted by Gasteiger charge is -2.29. The van der Waals surface area contributed by atoms with Gasteiger partial charge in [0.25, 0.3) is 0 Å². The van der Waals surface area contributed by atoms with Crippen LogP contribution in [0.25, 0.3) is 11.0 Å². The van der Waals surface area contributed by atoms with Crippen molar-refractivity contribution in [3.8, 4) is 11.6 Å². The van der Waals surface area contributed by atoms with Gasteiger partial charge in [-0.3, -0.25) is 4.79 Å². The molecule has 234 valence electrons. The molecule has 1 aromatic heterocycles. The number of fused-ring (bicyclic) bond motifs is 5. The van der Waals surface area contributed by atoms with Crippen molar-refractivity contribution in [3.05, 3.63) is 23.9 Å². The lowest BCUT2D eigenvalue weighted by atomic mass is 9.95. The van der Waals surface area contributed by atoms with E-state index in [2.05, 4.69) is 5.32 Å². The predicted octanol–water partition coefficient (Wildman–Crippen LogP) is 4.59. The van der Waals surface area contributed by atoms with Crippen LogP contribution in [0.5, 0.6) is 11.6 Å². The Balaban J connectivity index is 1.49. The molecular formula is C32H44N4O7. The molecule has 0 radical (unpaired) electrons. The van der Waals surface area contributed by atoms with Crippen LogP contribution in [0, 0.1) is 11.8 Å². The highest BCUT2D eigenvalue weighted by Crippen LogP contribution is 2.39. The quantitative estimate of drug-likeness (QED) is 0.504. The third-order valence-corrected chi connectivity index (χ3v) is 8.27. The number of hydrogen-bond donors (Lipinski definition) is 1. The zero-order valence-electron chi connectivity index (χ0n) is 25.9. The lowest BCUT2D eigenvalue weighted by Crippen LogP contribution is -2.49. The van der Waals surface area contributed by atoms with Crippen LogP contribution in [0.15, 0.2) is 18.2 Å². The number of aromatic nitrogens is 2. The van der Waals surface area contributed by atoms with E-state index in [1.165, 1.54) is 4.90 Å². The number of carbonyl (C=O) groups excluding carboxylic acids is 3. The molecule has 1 aromatic carbocycles. The number of alkyl carbamates (subject to hydrolysis) is 1. The number of aryl methyl sites for hydroxylation is 1. The topological polar surface area (TPSA) is 129 Å². The van der Waals surface area contributed by atoms with E-state index in [1.807, 2.05) is 32.0 Å². The molecule has 2 fully saturated rings. The number of rotatable bonds is 4. The van der Waals surface area contributed by atoms with Gasteiger partial charge in [-0.25, -0.2) is 19.6 Å². The minimum atomic E-state index is -0.879. The van der Waals surface area contributed by atoms with Crippen molar-refractivity contribution < 1.29 is 33.3 Å². The van der Waals surface area contributed by atoms with Gasteiger partial charge >= 0.3 is 12.1 Å². The second-order valence-corrected chi connectivity index (χ2v) is 12.7. The van der Waals surface area contributed by atoms with E-state index in [-0.39, 0.29) is 25.1 Å². The van der Waals surface area contributed by atoms with Gasteiger partial charge in [0, 0.05) is 12.0 Å². The monoisotopic (exact) mass is 596 g/mol. The smallest absolute Gasteiger partial charge is 0.407 e. The van der Waals surface area contributed by atoms with Crippen LogP contribution in [-0.4, -0.2) is 76.4 Å². The molecule has 2 aromatic rings. The van der Waals surface area contributed by atoms with Gasteiger partial charge in [0.15, 0.2) is 0 Å². The number of carbonyl (C=O) groups is 3. The van der Waals surface area contributed by atoms with Gasteiger partial charge in [0.1, 0.15) is 41.8 Å². The Bertz CT molecular complexity index is 1340. The summed E-state index contributed by atoms with van der Waals surface area (Å²) in [7, 11) is 0. The molecule has 3 heterocycles. The molecule has 5 rings (SSSR count). The summed E-state index contributed by atoms with van der Waals surface area (Å²) in [5.74, 6) is 0.187. The summed E-state index contributed by atoms with van der Waals surface area (Å²) in [6, 6.07) is 4.77. The Morgan fingerprint density at radius 2 is 1.88 bits per heavy atom. The Kier molecular flexibility index (Phi) is 9.27. The van der Waals surface area contributed by atoms with E-state index < -0.39 is 35.7 Å². The molecule has 5 atom stereocenters. The van der Waals surface area contributed by atoms with Crippen molar-refractivity contribution in [1.82, 2.24) is 20.2 Å². The van der Waals surface area contributed by atoms with Crippen LogP contribution in [0.1, 0.15) is 78.8 Å². The molecule has 11 nitrogen and oxygen atoms in total. The van der Waals surface area contributed by atoms with E-state index in [0.29, 0.717) is 42.5 Å². The molecule has 3 aliphatic rings. The van der Waals surface area contributed by atoms with Crippen molar-refractivity contribution in [2.45, 2.75) is 103 Å². The number of ether oxygens (including phenoxy) is 4. The van der Waals surface area contributed by atoms with E-state index in [0.717, 1.165) is 43.3 Å². The highest BCUT2D eigenvalue weighted by atomic mass is 16.6. The van der Waals surface area contributed by atoms with E-state index in [1.54, 1.807) is 20.8 Å². The van der Waals surface area contributed by atoms with Crippen LogP contribution >= 0.6 is 0 Å². The number of nitrogens with one attached hydrogen (secondary N) is 1. The second kappa shape index (κ2) is 12.9. The van der Waals surface area contributed by atoms with Crippen LogP contribution in [0.2, 0.25) is 0 Å². The average Bonchev–Trinajstić information content (AvgIpc) is 3.57. The first-order valence-electron chi connectivity index (χ1n) is 15.6. The van der Waals surface area contributed by atoms with Gasteiger partial charge in [0.05, 0.1) is 24.2 Å². The molecule has 43 heavy (non-hydrogen) atoms.